The number of nitro groups is 1. The molecule has 0 bridgehead atoms. The van der Waals surface area contributed by atoms with Crippen molar-refractivity contribution in [2.75, 3.05) is 6.54 Å². The number of hydrogen-bond acceptors (Lipinski definition) is 4. The molecular formula is C13H17N3O4. The van der Waals surface area contributed by atoms with Crippen molar-refractivity contribution in [3.05, 3.63) is 50.9 Å². The zero-order valence-corrected chi connectivity index (χ0v) is 11.7. The molecule has 1 N–H and O–H groups in total. The maximum atomic E-state index is 12.2. The summed E-state index contributed by atoms with van der Waals surface area (Å²) in [4.78, 5) is 34.4. The van der Waals surface area contributed by atoms with E-state index in [0.717, 1.165) is 12.3 Å². The van der Waals surface area contributed by atoms with Crippen molar-refractivity contribution in [1.82, 2.24) is 9.88 Å². The third kappa shape index (κ3) is 3.31. The molecule has 0 fully saturated rings. The first kappa shape index (κ1) is 15.6. The van der Waals surface area contributed by atoms with Gasteiger partial charge in [-0.25, -0.2) is 0 Å². The van der Waals surface area contributed by atoms with E-state index in [1.807, 2.05) is 0 Å². The van der Waals surface area contributed by atoms with Crippen LogP contribution in [0.25, 0.3) is 0 Å². The van der Waals surface area contributed by atoms with Crippen molar-refractivity contribution < 1.29 is 9.72 Å². The van der Waals surface area contributed by atoms with Gasteiger partial charge in [0.1, 0.15) is 5.56 Å². The SMILES string of the molecule is C=CCNC(=O)c1cc([N+](=O)[O-])cn(C(C)(C)C)c1=O. The Labute approximate surface area is 116 Å². The summed E-state index contributed by atoms with van der Waals surface area (Å²) in [6, 6.07) is 0.989. The van der Waals surface area contributed by atoms with Gasteiger partial charge in [-0.2, -0.15) is 0 Å². The minimum Gasteiger partial charge on any atom is -0.348 e. The van der Waals surface area contributed by atoms with Crippen molar-refractivity contribution in [3.63, 3.8) is 0 Å². The monoisotopic (exact) mass is 279 g/mol. The molecule has 0 saturated heterocycles. The summed E-state index contributed by atoms with van der Waals surface area (Å²) in [5, 5.41) is 13.4. The highest BCUT2D eigenvalue weighted by Crippen LogP contribution is 2.17. The average Bonchev–Trinajstić information content (AvgIpc) is 2.34. The molecule has 20 heavy (non-hydrogen) atoms. The minimum atomic E-state index is -0.670. The van der Waals surface area contributed by atoms with Gasteiger partial charge in [0.25, 0.3) is 17.2 Å². The van der Waals surface area contributed by atoms with Gasteiger partial charge in [0, 0.05) is 18.2 Å². The van der Waals surface area contributed by atoms with Crippen LogP contribution in [0.15, 0.2) is 29.7 Å². The third-order valence-corrected chi connectivity index (χ3v) is 2.59. The van der Waals surface area contributed by atoms with Gasteiger partial charge in [0.2, 0.25) is 0 Å². The smallest absolute Gasteiger partial charge is 0.286 e. The number of aromatic nitrogens is 1. The third-order valence-electron chi connectivity index (χ3n) is 2.59. The van der Waals surface area contributed by atoms with E-state index in [9.17, 15) is 19.7 Å². The van der Waals surface area contributed by atoms with Gasteiger partial charge in [0.15, 0.2) is 0 Å². The molecule has 0 atom stereocenters. The van der Waals surface area contributed by atoms with Crippen LogP contribution >= 0.6 is 0 Å². The van der Waals surface area contributed by atoms with Gasteiger partial charge < -0.3 is 9.88 Å². The molecule has 0 spiro atoms. The Morgan fingerprint density at radius 2 is 2.15 bits per heavy atom. The van der Waals surface area contributed by atoms with Crippen LogP contribution in [0.4, 0.5) is 5.69 Å². The van der Waals surface area contributed by atoms with E-state index in [-0.39, 0.29) is 17.8 Å². The van der Waals surface area contributed by atoms with E-state index in [1.165, 1.54) is 10.6 Å². The van der Waals surface area contributed by atoms with E-state index in [4.69, 9.17) is 0 Å². The molecule has 0 aromatic carbocycles. The molecule has 1 aromatic rings. The lowest BCUT2D eigenvalue weighted by molar-refractivity contribution is -0.385. The number of carbonyl (C=O) groups is 1. The molecular weight excluding hydrogens is 262 g/mol. The predicted octanol–water partition coefficient (Wildman–Crippen LogP) is 1.43. The number of nitrogens with zero attached hydrogens (tertiary/aromatic N) is 2. The van der Waals surface area contributed by atoms with Crippen LogP contribution in [0.5, 0.6) is 0 Å². The Morgan fingerprint density at radius 3 is 2.60 bits per heavy atom. The summed E-state index contributed by atoms with van der Waals surface area (Å²) in [6.45, 7) is 8.80. The predicted molar refractivity (Wildman–Crippen MR) is 74.9 cm³/mol. The normalized spacial score (nSPS) is 10.9. The van der Waals surface area contributed by atoms with Gasteiger partial charge in [-0.05, 0) is 20.8 Å². The highest BCUT2D eigenvalue weighted by atomic mass is 16.6. The summed E-state index contributed by atoms with van der Waals surface area (Å²) in [7, 11) is 0. The second-order valence-corrected chi connectivity index (χ2v) is 5.21. The highest BCUT2D eigenvalue weighted by Gasteiger charge is 2.24. The van der Waals surface area contributed by atoms with Crippen LogP contribution in [0.3, 0.4) is 0 Å². The summed E-state index contributed by atoms with van der Waals surface area (Å²) < 4.78 is 1.19. The second-order valence-electron chi connectivity index (χ2n) is 5.21. The minimum absolute atomic E-state index is 0.177. The molecule has 1 amide bonds. The average molecular weight is 279 g/mol. The Morgan fingerprint density at radius 1 is 1.55 bits per heavy atom. The lowest BCUT2D eigenvalue weighted by Crippen LogP contribution is -2.39. The topological polar surface area (TPSA) is 94.2 Å². The van der Waals surface area contributed by atoms with Crippen LogP contribution in [-0.2, 0) is 5.54 Å². The van der Waals surface area contributed by atoms with Crippen LogP contribution < -0.4 is 10.9 Å². The Balaban J connectivity index is 3.47. The van der Waals surface area contributed by atoms with Crippen LogP contribution in [0, 0.1) is 10.1 Å². The second kappa shape index (κ2) is 5.68. The highest BCUT2D eigenvalue weighted by molar-refractivity contribution is 5.94. The van der Waals surface area contributed by atoms with Crippen LogP contribution in [0.1, 0.15) is 31.1 Å². The number of pyridine rings is 1. The molecule has 0 aliphatic carbocycles. The Hall–Kier alpha value is -2.44. The van der Waals surface area contributed by atoms with Crippen molar-refractivity contribution in [1.29, 1.82) is 0 Å². The summed E-state index contributed by atoms with van der Waals surface area (Å²) in [5.41, 5.74) is -1.79. The molecule has 1 aromatic heterocycles. The first-order valence-electron chi connectivity index (χ1n) is 5.99. The van der Waals surface area contributed by atoms with Crippen LogP contribution in [-0.4, -0.2) is 21.9 Å². The fourth-order valence-electron chi connectivity index (χ4n) is 1.59. The first-order chi connectivity index (χ1) is 9.18. The van der Waals surface area contributed by atoms with Gasteiger partial charge >= 0.3 is 0 Å². The van der Waals surface area contributed by atoms with Crippen molar-refractivity contribution in [2.45, 2.75) is 26.3 Å². The Kier molecular flexibility index (Phi) is 4.44. The van der Waals surface area contributed by atoms with Crippen molar-refractivity contribution >= 4 is 11.6 Å². The number of rotatable bonds is 4. The lowest BCUT2D eigenvalue weighted by Gasteiger charge is -2.22. The molecule has 0 aliphatic rings. The number of amides is 1. The summed E-state index contributed by atoms with van der Waals surface area (Å²) >= 11 is 0. The lowest BCUT2D eigenvalue weighted by atomic mass is 10.1. The molecule has 0 aliphatic heterocycles. The van der Waals surface area contributed by atoms with Crippen LogP contribution in [0.2, 0.25) is 0 Å². The zero-order chi connectivity index (χ0) is 15.5. The molecule has 0 saturated carbocycles. The van der Waals surface area contributed by atoms with Crippen molar-refractivity contribution in [2.24, 2.45) is 0 Å². The fourth-order valence-corrected chi connectivity index (χ4v) is 1.59. The Bertz CT molecular complexity index is 611. The van der Waals surface area contributed by atoms with Gasteiger partial charge in [-0.3, -0.25) is 19.7 Å². The maximum absolute atomic E-state index is 12.2. The first-order valence-corrected chi connectivity index (χ1v) is 5.99. The van der Waals surface area contributed by atoms with E-state index in [2.05, 4.69) is 11.9 Å². The fraction of sp³-hybridized carbons (Fsp3) is 0.385. The standard InChI is InChI=1S/C13H17N3O4/c1-5-6-14-11(17)10-7-9(16(19)20)8-15(12(10)18)13(2,3)4/h5,7-8H,1,6H2,2-4H3,(H,14,17). The number of hydrogen-bond donors (Lipinski definition) is 1. The van der Waals surface area contributed by atoms with E-state index in [1.54, 1.807) is 20.8 Å². The molecule has 7 heteroatoms. The largest absolute Gasteiger partial charge is 0.348 e. The molecule has 1 rings (SSSR count). The summed E-state index contributed by atoms with van der Waals surface area (Å²) in [5.74, 6) is -0.656. The van der Waals surface area contributed by atoms with Gasteiger partial charge in [-0.1, -0.05) is 6.08 Å². The van der Waals surface area contributed by atoms with Gasteiger partial charge in [-0.15, -0.1) is 6.58 Å². The maximum Gasteiger partial charge on any atom is 0.286 e. The molecule has 7 nitrogen and oxygen atoms in total. The van der Waals surface area contributed by atoms with E-state index < -0.39 is 21.9 Å². The van der Waals surface area contributed by atoms with E-state index in [0.29, 0.717) is 0 Å². The molecule has 108 valence electrons. The summed E-state index contributed by atoms with van der Waals surface area (Å²) in [6.07, 6.45) is 2.60. The zero-order valence-electron chi connectivity index (χ0n) is 11.7. The van der Waals surface area contributed by atoms with Gasteiger partial charge in [0.05, 0.1) is 11.1 Å². The molecule has 0 radical (unpaired) electrons. The van der Waals surface area contributed by atoms with Crippen molar-refractivity contribution in [3.8, 4) is 0 Å². The number of carbonyl (C=O) groups excluding carboxylic acids is 1. The molecule has 0 unspecified atom stereocenters. The number of nitrogens with one attached hydrogen (secondary N) is 1. The molecule has 1 heterocycles. The van der Waals surface area contributed by atoms with E-state index >= 15 is 0 Å². The quantitative estimate of drug-likeness (QED) is 0.512.